The number of carbonyl (C=O) groups excluding carboxylic acids is 2. The van der Waals surface area contributed by atoms with E-state index in [0.717, 1.165) is 45.2 Å². The van der Waals surface area contributed by atoms with Crippen LogP contribution in [0.25, 0.3) is 0 Å². The van der Waals surface area contributed by atoms with Crippen LogP contribution < -0.4 is 10.6 Å². The van der Waals surface area contributed by atoms with Gasteiger partial charge in [-0.2, -0.15) is 0 Å². The van der Waals surface area contributed by atoms with Crippen molar-refractivity contribution in [1.82, 2.24) is 15.5 Å². The minimum atomic E-state index is -0.104. The maximum absolute atomic E-state index is 12.0. The zero-order valence-electron chi connectivity index (χ0n) is 13.5. The molecule has 1 aromatic rings. The van der Waals surface area contributed by atoms with Crippen molar-refractivity contribution in [2.45, 2.75) is 38.1 Å². The topological polar surface area (TPSA) is 61.4 Å². The first kappa shape index (κ1) is 15.8. The Kier molecular flexibility index (Phi) is 5.16. The molecule has 1 aliphatic carbocycles. The summed E-state index contributed by atoms with van der Waals surface area (Å²) < 4.78 is 0. The van der Waals surface area contributed by atoms with Gasteiger partial charge in [-0.3, -0.25) is 4.79 Å². The van der Waals surface area contributed by atoms with Crippen LogP contribution in [0.1, 0.15) is 31.2 Å². The van der Waals surface area contributed by atoms with Crippen LogP contribution in [-0.4, -0.2) is 42.5 Å². The third-order valence-corrected chi connectivity index (χ3v) is 4.61. The van der Waals surface area contributed by atoms with Gasteiger partial charge in [-0.1, -0.05) is 30.3 Å². The largest absolute Gasteiger partial charge is 0.342 e. The van der Waals surface area contributed by atoms with Gasteiger partial charge < -0.3 is 15.5 Å². The highest BCUT2D eigenvalue weighted by Gasteiger charge is 2.35. The molecule has 2 fully saturated rings. The maximum atomic E-state index is 12.0. The Morgan fingerprint density at radius 1 is 1.04 bits per heavy atom. The minimum Gasteiger partial charge on any atom is -0.342 e. The van der Waals surface area contributed by atoms with E-state index >= 15 is 0 Å². The van der Waals surface area contributed by atoms with Crippen LogP contribution in [0.2, 0.25) is 0 Å². The molecule has 0 aromatic heterocycles. The van der Waals surface area contributed by atoms with Crippen molar-refractivity contribution in [2.24, 2.45) is 5.92 Å². The van der Waals surface area contributed by atoms with Gasteiger partial charge in [0.25, 0.3) is 0 Å². The van der Waals surface area contributed by atoms with Crippen molar-refractivity contribution < 1.29 is 9.59 Å². The van der Waals surface area contributed by atoms with Crippen molar-refractivity contribution in [3.63, 3.8) is 0 Å². The summed E-state index contributed by atoms with van der Waals surface area (Å²) in [7, 11) is 0. The van der Waals surface area contributed by atoms with Gasteiger partial charge >= 0.3 is 6.03 Å². The minimum absolute atomic E-state index is 0.104. The lowest BCUT2D eigenvalue weighted by Crippen LogP contribution is -2.49. The lowest BCUT2D eigenvalue weighted by Gasteiger charge is -2.32. The number of nitrogens with zero attached hydrogens (tertiary/aromatic N) is 1. The molecule has 1 aromatic carbocycles. The first-order valence-electron chi connectivity index (χ1n) is 8.59. The van der Waals surface area contributed by atoms with Crippen molar-refractivity contribution in [3.8, 4) is 0 Å². The summed E-state index contributed by atoms with van der Waals surface area (Å²) in [4.78, 5) is 25.9. The van der Waals surface area contributed by atoms with Crippen LogP contribution >= 0.6 is 0 Å². The highest BCUT2D eigenvalue weighted by atomic mass is 16.2. The summed E-state index contributed by atoms with van der Waals surface area (Å²) >= 11 is 0. The number of urea groups is 1. The molecule has 2 N–H and O–H groups in total. The summed E-state index contributed by atoms with van der Waals surface area (Å²) in [6, 6.07) is 10.2. The van der Waals surface area contributed by atoms with Gasteiger partial charge in [0.15, 0.2) is 0 Å². The van der Waals surface area contributed by atoms with Gasteiger partial charge in [0, 0.05) is 31.6 Å². The first-order valence-corrected chi connectivity index (χ1v) is 8.59. The van der Waals surface area contributed by atoms with E-state index in [0.29, 0.717) is 18.4 Å². The molecule has 0 radical (unpaired) electrons. The second kappa shape index (κ2) is 7.49. The molecule has 5 heteroatoms. The molecular formula is C18H25N3O2. The van der Waals surface area contributed by atoms with Gasteiger partial charge in [0.2, 0.25) is 5.91 Å². The van der Waals surface area contributed by atoms with E-state index in [4.69, 9.17) is 0 Å². The first-order chi connectivity index (χ1) is 11.2. The molecule has 3 rings (SSSR count). The van der Waals surface area contributed by atoms with Crippen LogP contribution in [-0.2, 0) is 11.2 Å². The van der Waals surface area contributed by atoms with Gasteiger partial charge in [-0.25, -0.2) is 4.79 Å². The Morgan fingerprint density at radius 3 is 2.39 bits per heavy atom. The molecule has 0 unspecified atom stereocenters. The number of likely N-dealkylation sites (tertiary alicyclic amines) is 1. The number of hydrogen-bond acceptors (Lipinski definition) is 2. The fourth-order valence-corrected chi connectivity index (χ4v) is 3.03. The van der Waals surface area contributed by atoms with Crippen molar-refractivity contribution in [2.75, 3.05) is 19.6 Å². The van der Waals surface area contributed by atoms with E-state index in [1.54, 1.807) is 0 Å². The number of nitrogens with one attached hydrogen (secondary N) is 2. The van der Waals surface area contributed by atoms with E-state index < -0.39 is 0 Å². The van der Waals surface area contributed by atoms with Gasteiger partial charge in [-0.15, -0.1) is 0 Å². The van der Waals surface area contributed by atoms with E-state index in [9.17, 15) is 9.59 Å². The number of benzene rings is 1. The van der Waals surface area contributed by atoms with Crippen LogP contribution in [0.5, 0.6) is 0 Å². The third-order valence-electron chi connectivity index (χ3n) is 4.61. The quantitative estimate of drug-likeness (QED) is 0.872. The Labute approximate surface area is 137 Å². The smallest absolute Gasteiger partial charge is 0.315 e. The highest BCUT2D eigenvalue weighted by Crippen LogP contribution is 2.31. The standard InChI is InChI=1S/C18H25N3O2/c22-17(15-6-7-15)21-12-9-16(10-13-21)20-18(23)19-11-8-14-4-2-1-3-5-14/h1-5,15-16H,6-13H2,(H2,19,20,23). The highest BCUT2D eigenvalue weighted by molar-refractivity contribution is 5.81. The molecule has 1 heterocycles. The average molecular weight is 315 g/mol. The van der Waals surface area contributed by atoms with E-state index in [2.05, 4.69) is 22.8 Å². The molecule has 3 amide bonds. The average Bonchev–Trinajstić information content (AvgIpc) is 3.41. The fraction of sp³-hybridized carbons (Fsp3) is 0.556. The normalized spacial score (nSPS) is 18.5. The second-order valence-corrected chi connectivity index (χ2v) is 6.51. The summed E-state index contributed by atoms with van der Waals surface area (Å²) in [6.07, 6.45) is 4.65. The molecule has 0 spiro atoms. The molecule has 5 nitrogen and oxygen atoms in total. The lowest BCUT2D eigenvalue weighted by molar-refractivity contribution is -0.133. The summed E-state index contributed by atoms with van der Waals surface area (Å²) in [5.41, 5.74) is 1.22. The van der Waals surface area contributed by atoms with Crippen molar-refractivity contribution >= 4 is 11.9 Å². The maximum Gasteiger partial charge on any atom is 0.315 e. The third kappa shape index (κ3) is 4.71. The van der Waals surface area contributed by atoms with E-state index in [-0.39, 0.29) is 12.1 Å². The Morgan fingerprint density at radius 2 is 1.74 bits per heavy atom. The number of hydrogen-bond donors (Lipinski definition) is 2. The van der Waals surface area contributed by atoms with Gasteiger partial charge in [0.1, 0.15) is 0 Å². The Hall–Kier alpha value is -2.04. The Bertz CT molecular complexity index is 534. The Balaban J connectivity index is 1.32. The number of piperidine rings is 1. The van der Waals surface area contributed by atoms with Crippen LogP contribution in [0, 0.1) is 5.92 Å². The molecule has 1 saturated heterocycles. The van der Waals surface area contributed by atoms with Gasteiger partial charge in [0.05, 0.1) is 0 Å². The summed E-state index contributed by atoms with van der Waals surface area (Å²) in [5.74, 6) is 0.608. The number of rotatable bonds is 5. The van der Waals surface area contributed by atoms with E-state index in [1.165, 1.54) is 5.56 Å². The fourth-order valence-electron chi connectivity index (χ4n) is 3.03. The van der Waals surface area contributed by atoms with Crippen LogP contribution in [0.3, 0.4) is 0 Å². The van der Waals surface area contributed by atoms with E-state index in [1.807, 2.05) is 23.1 Å². The van der Waals surface area contributed by atoms with Crippen LogP contribution in [0.15, 0.2) is 30.3 Å². The number of amides is 3. The molecule has 2 aliphatic rings. The van der Waals surface area contributed by atoms with Crippen LogP contribution in [0.4, 0.5) is 4.79 Å². The summed E-state index contributed by atoms with van der Waals surface area (Å²) in [6.45, 7) is 2.17. The zero-order valence-corrected chi connectivity index (χ0v) is 13.5. The molecule has 124 valence electrons. The molecule has 1 aliphatic heterocycles. The zero-order chi connectivity index (χ0) is 16.1. The predicted octanol–water partition coefficient (Wildman–Crippen LogP) is 1.93. The van der Waals surface area contributed by atoms with Gasteiger partial charge in [-0.05, 0) is 37.7 Å². The number of carbonyl (C=O) groups is 2. The molecule has 0 atom stereocenters. The van der Waals surface area contributed by atoms with Crippen molar-refractivity contribution in [1.29, 1.82) is 0 Å². The predicted molar refractivity (Wildman–Crippen MR) is 89.0 cm³/mol. The monoisotopic (exact) mass is 315 g/mol. The van der Waals surface area contributed by atoms with Crippen molar-refractivity contribution in [3.05, 3.63) is 35.9 Å². The SMILES string of the molecule is O=C(NCCc1ccccc1)NC1CCN(C(=O)C2CC2)CC1. The summed E-state index contributed by atoms with van der Waals surface area (Å²) in [5, 5.41) is 5.93. The molecule has 0 bridgehead atoms. The lowest BCUT2D eigenvalue weighted by atomic mass is 10.0. The molecule has 23 heavy (non-hydrogen) atoms. The molecule has 1 saturated carbocycles. The molecular weight excluding hydrogens is 290 g/mol. The second-order valence-electron chi connectivity index (χ2n) is 6.51.